The van der Waals surface area contributed by atoms with E-state index in [0.29, 0.717) is 0 Å². The summed E-state index contributed by atoms with van der Waals surface area (Å²) in [5.41, 5.74) is 0.722. The van der Waals surface area contributed by atoms with E-state index in [9.17, 15) is 4.79 Å². The van der Waals surface area contributed by atoms with Crippen molar-refractivity contribution in [2.75, 3.05) is 7.11 Å². The van der Waals surface area contributed by atoms with E-state index in [2.05, 4.69) is 13.8 Å². The van der Waals surface area contributed by atoms with Gasteiger partial charge < -0.3 is 4.74 Å². The van der Waals surface area contributed by atoms with Crippen molar-refractivity contribution in [1.29, 1.82) is 0 Å². The molecule has 0 aliphatic heterocycles. The summed E-state index contributed by atoms with van der Waals surface area (Å²) in [6.07, 6.45) is 0.720. The highest BCUT2D eigenvalue weighted by atomic mass is 16.5. The molecule has 88 valence electrons. The third-order valence-corrected chi connectivity index (χ3v) is 3.34. The molecule has 0 bridgehead atoms. The van der Waals surface area contributed by atoms with Gasteiger partial charge in [-0.1, -0.05) is 44.2 Å². The minimum absolute atomic E-state index is 0.133. The second kappa shape index (κ2) is 5.15. The fourth-order valence-corrected chi connectivity index (χ4v) is 1.77. The van der Waals surface area contributed by atoms with E-state index in [1.807, 2.05) is 37.3 Å². The summed E-state index contributed by atoms with van der Waals surface area (Å²) in [4.78, 5) is 11.9. The van der Waals surface area contributed by atoms with Crippen molar-refractivity contribution in [3.63, 3.8) is 0 Å². The molecular formula is C14H20O2. The molecule has 0 aliphatic carbocycles. The normalized spacial score (nSPS) is 14.6. The van der Waals surface area contributed by atoms with Crippen LogP contribution in [0.15, 0.2) is 30.3 Å². The molecule has 0 radical (unpaired) electrons. The molecule has 1 unspecified atom stereocenters. The molecule has 0 saturated carbocycles. The maximum atomic E-state index is 11.9. The first-order valence-corrected chi connectivity index (χ1v) is 5.63. The third-order valence-electron chi connectivity index (χ3n) is 3.34. The van der Waals surface area contributed by atoms with Gasteiger partial charge in [0.25, 0.3) is 0 Å². The number of hydrogen-bond donors (Lipinski definition) is 0. The summed E-state index contributed by atoms with van der Waals surface area (Å²) < 4.78 is 4.91. The molecule has 0 amide bonds. The van der Waals surface area contributed by atoms with Gasteiger partial charge in [-0.15, -0.1) is 0 Å². The number of carbonyl (C=O) groups excluding carboxylic acids is 1. The lowest BCUT2D eigenvalue weighted by Gasteiger charge is -2.30. The van der Waals surface area contributed by atoms with Gasteiger partial charge in [0.2, 0.25) is 0 Å². The van der Waals surface area contributed by atoms with Crippen molar-refractivity contribution in [2.45, 2.75) is 27.2 Å². The second-order valence-corrected chi connectivity index (χ2v) is 4.73. The highest BCUT2D eigenvalue weighted by Gasteiger charge is 2.37. The van der Waals surface area contributed by atoms with Crippen LogP contribution in [-0.2, 0) is 16.0 Å². The average molecular weight is 220 g/mol. The second-order valence-electron chi connectivity index (χ2n) is 4.73. The summed E-state index contributed by atoms with van der Waals surface area (Å²) >= 11 is 0. The van der Waals surface area contributed by atoms with Crippen LogP contribution in [0.1, 0.15) is 26.3 Å². The number of rotatable bonds is 4. The smallest absolute Gasteiger partial charge is 0.312 e. The van der Waals surface area contributed by atoms with Crippen molar-refractivity contribution in [3.05, 3.63) is 35.9 Å². The lowest BCUT2D eigenvalue weighted by Crippen LogP contribution is -2.36. The first-order chi connectivity index (χ1) is 7.50. The molecule has 0 heterocycles. The van der Waals surface area contributed by atoms with Gasteiger partial charge in [0, 0.05) is 0 Å². The Kier molecular flexibility index (Phi) is 4.11. The molecule has 1 aromatic rings. The minimum atomic E-state index is -0.448. The number of ether oxygens (including phenoxy) is 1. The maximum absolute atomic E-state index is 11.9. The summed E-state index contributed by atoms with van der Waals surface area (Å²) in [6.45, 7) is 6.08. The van der Waals surface area contributed by atoms with Crippen LogP contribution in [0.25, 0.3) is 0 Å². The van der Waals surface area contributed by atoms with Crippen LogP contribution in [0.3, 0.4) is 0 Å². The Balaban J connectivity index is 2.92. The Morgan fingerprint density at radius 2 is 1.88 bits per heavy atom. The maximum Gasteiger partial charge on any atom is 0.312 e. The molecule has 1 aromatic carbocycles. The Hall–Kier alpha value is -1.31. The van der Waals surface area contributed by atoms with E-state index in [1.165, 1.54) is 12.7 Å². The van der Waals surface area contributed by atoms with Gasteiger partial charge in [-0.05, 0) is 24.8 Å². The van der Waals surface area contributed by atoms with E-state index in [0.717, 1.165) is 6.42 Å². The van der Waals surface area contributed by atoms with Gasteiger partial charge in [0.1, 0.15) is 0 Å². The number of esters is 1. The predicted octanol–water partition coefficient (Wildman–Crippen LogP) is 3.06. The minimum Gasteiger partial charge on any atom is -0.469 e. The van der Waals surface area contributed by atoms with Crippen LogP contribution < -0.4 is 0 Å². The van der Waals surface area contributed by atoms with Crippen LogP contribution in [0.5, 0.6) is 0 Å². The molecule has 1 atom stereocenters. The van der Waals surface area contributed by atoms with Crippen molar-refractivity contribution in [2.24, 2.45) is 11.3 Å². The molecule has 0 fully saturated rings. The Morgan fingerprint density at radius 3 is 2.31 bits per heavy atom. The van der Waals surface area contributed by atoms with Crippen LogP contribution >= 0.6 is 0 Å². The van der Waals surface area contributed by atoms with Crippen LogP contribution in [-0.4, -0.2) is 13.1 Å². The van der Waals surface area contributed by atoms with E-state index in [1.54, 1.807) is 0 Å². The fraction of sp³-hybridized carbons (Fsp3) is 0.500. The fourth-order valence-electron chi connectivity index (χ4n) is 1.77. The first-order valence-electron chi connectivity index (χ1n) is 5.63. The molecule has 16 heavy (non-hydrogen) atoms. The van der Waals surface area contributed by atoms with Crippen molar-refractivity contribution in [1.82, 2.24) is 0 Å². The zero-order valence-electron chi connectivity index (χ0n) is 10.5. The molecule has 0 aromatic heterocycles. The number of benzene rings is 1. The van der Waals surface area contributed by atoms with E-state index in [-0.39, 0.29) is 11.9 Å². The molecular weight excluding hydrogens is 200 g/mol. The quantitative estimate of drug-likeness (QED) is 0.729. The lowest BCUT2D eigenvalue weighted by atomic mass is 9.74. The monoisotopic (exact) mass is 220 g/mol. The van der Waals surface area contributed by atoms with Crippen LogP contribution in [0.4, 0.5) is 0 Å². The number of hydrogen-bond acceptors (Lipinski definition) is 2. The van der Waals surface area contributed by atoms with Gasteiger partial charge in [-0.25, -0.2) is 0 Å². The standard InChI is InChI=1S/C14H20O2/c1-11(2)14(3,13(15)16-4)10-12-8-6-5-7-9-12/h5-9,11H,10H2,1-4H3. The Morgan fingerprint density at radius 1 is 1.31 bits per heavy atom. The molecule has 2 nitrogen and oxygen atoms in total. The van der Waals surface area contributed by atoms with E-state index in [4.69, 9.17) is 4.74 Å². The van der Waals surface area contributed by atoms with Crippen molar-refractivity contribution in [3.8, 4) is 0 Å². The van der Waals surface area contributed by atoms with Crippen molar-refractivity contribution < 1.29 is 9.53 Å². The predicted molar refractivity (Wildman–Crippen MR) is 65.1 cm³/mol. The molecule has 2 heteroatoms. The zero-order chi connectivity index (χ0) is 12.2. The highest BCUT2D eigenvalue weighted by molar-refractivity contribution is 5.77. The zero-order valence-corrected chi connectivity index (χ0v) is 10.5. The van der Waals surface area contributed by atoms with Gasteiger partial charge in [-0.3, -0.25) is 4.79 Å². The molecule has 0 saturated heterocycles. The lowest BCUT2D eigenvalue weighted by molar-refractivity contribution is -0.154. The van der Waals surface area contributed by atoms with Crippen LogP contribution in [0.2, 0.25) is 0 Å². The number of methoxy groups -OCH3 is 1. The first kappa shape index (κ1) is 12.8. The molecule has 0 N–H and O–H groups in total. The van der Waals surface area contributed by atoms with Gasteiger partial charge in [0.05, 0.1) is 12.5 Å². The van der Waals surface area contributed by atoms with E-state index < -0.39 is 5.41 Å². The van der Waals surface area contributed by atoms with Crippen LogP contribution in [0, 0.1) is 11.3 Å². The summed E-state index contributed by atoms with van der Waals surface area (Å²) in [5, 5.41) is 0. The van der Waals surface area contributed by atoms with Crippen molar-refractivity contribution >= 4 is 5.97 Å². The molecule has 0 spiro atoms. The van der Waals surface area contributed by atoms with Gasteiger partial charge in [-0.2, -0.15) is 0 Å². The van der Waals surface area contributed by atoms with E-state index >= 15 is 0 Å². The Bertz CT molecular complexity index is 343. The summed E-state index contributed by atoms with van der Waals surface area (Å²) in [7, 11) is 1.45. The largest absolute Gasteiger partial charge is 0.469 e. The highest BCUT2D eigenvalue weighted by Crippen LogP contribution is 2.32. The third kappa shape index (κ3) is 2.63. The van der Waals surface area contributed by atoms with Gasteiger partial charge >= 0.3 is 5.97 Å². The molecule has 0 aliphatic rings. The Labute approximate surface area is 97.6 Å². The summed E-state index contributed by atoms with van der Waals surface area (Å²) in [5.74, 6) is 0.117. The van der Waals surface area contributed by atoms with Gasteiger partial charge in [0.15, 0.2) is 0 Å². The summed E-state index contributed by atoms with van der Waals surface area (Å²) in [6, 6.07) is 10.1. The average Bonchev–Trinajstić information content (AvgIpc) is 2.28. The molecule has 1 rings (SSSR count). The SMILES string of the molecule is COC(=O)C(C)(Cc1ccccc1)C(C)C. The topological polar surface area (TPSA) is 26.3 Å². The number of carbonyl (C=O) groups is 1.